The van der Waals surface area contributed by atoms with Crippen LogP contribution in [0.3, 0.4) is 0 Å². The summed E-state index contributed by atoms with van der Waals surface area (Å²) in [5, 5.41) is 1.56. The predicted octanol–water partition coefficient (Wildman–Crippen LogP) is -1.89. The minimum absolute atomic E-state index is 0. The number of halogens is 3. The van der Waals surface area contributed by atoms with Crippen molar-refractivity contribution in [2.24, 2.45) is 0 Å². The molecule has 160 valence electrons. The molecular weight excluding hydrogens is 483 g/mol. The van der Waals surface area contributed by atoms with Crippen LogP contribution in [0.2, 0.25) is 19.6 Å². The molecule has 0 heterocycles. The van der Waals surface area contributed by atoms with Gasteiger partial charge in [-0.1, -0.05) is 100 Å². The molecule has 0 saturated carbocycles. The van der Waals surface area contributed by atoms with Crippen LogP contribution in [0.4, 0.5) is 0 Å². The third kappa shape index (κ3) is 6.86. The van der Waals surface area contributed by atoms with Gasteiger partial charge in [-0.3, -0.25) is 6.08 Å². The van der Waals surface area contributed by atoms with Crippen molar-refractivity contribution in [1.82, 2.24) is 0 Å². The van der Waals surface area contributed by atoms with E-state index in [1.165, 1.54) is 29.5 Å². The maximum Gasteiger partial charge on any atom is 4.00 e. The molecule has 0 fully saturated rings. The van der Waals surface area contributed by atoms with E-state index >= 15 is 0 Å². The van der Waals surface area contributed by atoms with Gasteiger partial charge in [-0.05, 0) is 17.5 Å². The van der Waals surface area contributed by atoms with Crippen molar-refractivity contribution in [2.45, 2.75) is 57.7 Å². The van der Waals surface area contributed by atoms with Gasteiger partial charge in [0.15, 0.2) is 0 Å². The third-order valence-corrected chi connectivity index (χ3v) is 7.74. The summed E-state index contributed by atoms with van der Waals surface area (Å²) in [6, 6.07) is 22.2. The molecule has 0 radical (unpaired) electrons. The van der Waals surface area contributed by atoms with Crippen LogP contribution in [0.1, 0.15) is 43.7 Å². The first-order valence-corrected chi connectivity index (χ1v) is 13.4. The second kappa shape index (κ2) is 14.0. The smallest absolute Gasteiger partial charge is 1.00 e. The van der Waals surface area contributed by atoms with E-state index in [9.17, 15) is 0 Å². The summed E-state index contributed by atoms with van der Waals surface area (Å²) in [6.45, 7) is 9.59. The fourth-order valence-corrected chi connectivity index (χ4v) is 5.26. The topological polar surface area (TPSA) is 0 Å². The maximum absolute atomic E-state index is 3.92. The van der Waals surface area contributed by atoms with Crippen molar-refractivity contribution >= 4 is 8.07 Å². The summed E-state index contributed by atoms with van der Waals surface area (Å²) in [5.41, 5.74) is 4.10. The Labute approximate surface area is 218 Å². The summed E-state index contributed by atoms with van der Waals surface area (Å²) in [4.78, 5) is 0. The van der Waals surface area contributed by atoms with Gasteiger partial charge < -0.3 is 37.2 Å². The summed E-state index contributed by atoms with van der Waals surface area (Å²) >= 11 is 0. The third-order valence-electron chi connectivity index (χ3n) is 5.60. The number of benzene rings is 2. The molecule has 0 spiro atoms. The van der Waals surface area contributed by atoms with E-state index in [1.54, 1.807) is 5.20 Å². The molecule has 0 nitrogen and oxygen atoms in total. The molecule has 30 heavy (non-hydrogen) atoms. The van der Waals surface area contributed by atoms with Gasteiger partial charge >= 0.3 is 21.7 Å². The molecule has 3 rings (SSSR count). The van der Waals surface area contributed by atoms with Gasteiger partial charge in [0.2, 0.25) is 0 Å². The van der Waals surface area contributed by atoms with Gasteiger partial charge in [0.25, 0.3) is 0 Å². The van der Waals surface area contributed by atoms with Gasteiger partial charge in [0, 0.05) is 5.41 Å². The van der Waals surface area contributed by atoms with E-state index in [0.29, 0.717) is 0 Å². The number of hydrogen-bond acceptors (Lipinski definition) is 0. The largest absolute Gasteiger partial charge is 4.00 e. The Morgan fingerprint density at radius 2 is 1.30 bits per heavy atom. The maximum atomic E-state index is 3.92. The van der Waals surface area contributed by atoms with E-state index in [0.717, 1.165) is 12.8 Å². The molecular formula is C25H31Cl3SiTi. The average molecular weight is 514 g/mol. The molecule has 1 aliphatic carbocycles. The van der Waals surface area contributed by atoms with Crippen LogP contribution in [-0.2, 0) is 27.1 Å². The van der Waals surface area contributed by atoms with E-state index in [1.807, 2.05) is 0 Å². The Morgan fingerprint density at radius 1 is 0.833 bits per heavy atom. The predicted molar refractivity (Wildman–Crippen MR) is 116 cm³/mol. The quantitative estimate of drug-likeness (QED) is 0.300. The Morgan fingerprint density at radius 3 is 1.67 bits per heavy atom. The van der Waals surface area contributed by atoms with Crippen LogP contribution in [-0.4, -0.2) is 8.07 Å². The molecule has 0 bridgehead atoms. The SMILES string of the molecule is CCCCC(C1=CCC([Si](C)(C)C)=[C-]1)(c1ccccc1)c1ccccc1.[Cl-].[Cl-].[Cl-].[Ti+4]. The minimum Gasteiger partial charge on any atom is -1.00 e. The zero-order valence-electron chi connectivity index (χ0n) is 18.3. The molecule has 0 atom stereocenters. The van der Waals surface area contributed by atoms with Crippen LogP contribution in [0.25, 0.3) is 0 Å². The Hall–Kier alpha value is -0.279. The Balaban J connectivity index is 0. The average Bonchev–Trinajstić information content (AvgIpc) is 3.15. The molecule has 0 aromatic heterocycles. The van der Waals surface area contributed by atoms with Crippen LogP contribution < -0.4 is 37.2 Å². The van der Waals surface area contributed by atoms with Gasteiger partial charge in [-0.15, -0.1) is 6.42 Å². The minimum atomic E-state index is -1.32. The van der Waals surface area contributed by atoms with Crippen LogP contribution >= 0.6 is 0 Å². The molecule has 2 aromatic rings. The molecule has 0 N–H and O–H groups in total. The molecule has 0 amide bonds. The normalized spacial score (nSPS) is 12.9. The fraction of sp³-hybridized carbons (Fsp3) is 0.360. The first-order chi connectivity index (χ1) is 12.5. The number of unbranched alkanes of at least 4 members (excludes halogenated alkanes) is 1. The zero-order chi connectivity index (χ0) is 18.6. The van der Waals surface area contributed by atoms with Crippen LogP contribution in [0.5, 0.6) is 0 Å². The Kier molecular flexibility index (Phi) is 14.9. The first-order valence-electron chi connectivity index (χ1n) is 9.93. The van der Waals surface area contributed by atoms with E-state index in [4.69, 9.17) is 0 Å². The van der Waals surface area contributed by atoms with Crippen LogP contribution in [0.15, 0.2) is 77.5 Å². The molecule has 0 saturated heterocycles. The molecule has 2 aromatic carbocycles. The van der Waals surface area contributed by atoms with Crippen molar-refractivity contribution < 1.29 is 58.9 Å². The van der Waals surface area contributed by atoms with Crippen molar-refractivity contribution in [1.29, 1.82) is 0 Å². The van der Waals surface area contributed by atoms with Crippen LogP contribution in [0, 0.1) is 6.08 Å². The van der Waals surface area contributed by atoms with Gasteiger partial charge in [-0.2, -0.15) is 5.20 Å². The standard InChI is InChI=1S/C25H31Si.3ClH.Ti/c1-5-6-19-25(21-13-9-7-10-14-21,22-15-11-8-12-16-22)23-17-18-24(20-23)26(2,3)4;;;;/h7-17H,5-6,18-19H2,1-4H3;3*1H;/q-1;;;;+4/p-3. The Bertz CT molecular complexity index is 757. The molecule has 5 heteroatoms. The summed E-state index contributed by atoms with van der Waals surface area (Å²) in [6.07, 6.45) is 11.0. The van der Waals surface area contributed by atoms with E-state index < -0.39 is 8.07 Å². The van der Waals surface area contributed by atoms with Crippen molar-refractivity contribution in [2.75, 3.05) is 0 Å². The zero-order valence-corrected chi connectivity index (χ0v) is 23.1. The molecule has 1 aliphatic rings. The summed E-state index contributed by atoms with van der Waals surface area (Å²) in [5.74, 6) is 0. The fourth-order valence-electron chi connectivity index (χ4n) is 4.03. The monoisotopic (exact) mass is 512 g/mol. The van der Waals surface area contributed by atoms with E-state index in [2.05, 4.69) is 99.4 Å². The van der Waals surface area contributed by atoms with E-state index in [-0.39, 0.29) is 64.4 Å². The number of allylic oxidation sites excluding steroid dienone is 4. The van der Waals surface area contributed by atoms with Gasteiger partial charge in [0.1, 0.15) is 0 Å². The van der Waals surface area contributed by atoms with Crippen molar-refractivity contribution in [3.05, 3.63) is 94.7 Å². The van der Waals surface area contributed by atoms with Gasteiger partial charge in [0.05, 0.1) is 8.07 Å². The van der Waals surface area contributed by atoms with Gasteiger partial charge in [-0.25, -0.2) is 11.6 Å². The number of rotatable bonds is 7. The first kappa shape index (κ1) is 31.9. The molecule has 0 aliphatic heterocycles. The second-order valence-electron chi connectivity index (χ2n) is 8.42. The van der Waals surface area contributed by atoms with Crippen molar-refractivity contribution in [3.63, 3.8) is 0 Å². The second-order valence-corrected chi connectivity index (χ2v) is 13.5. The summed E-state index contributed by atoms with van der Waals surface area (Å²) < 4.78 is 0. The summed E-state index contributed by atoms with van der Waals surface area (Å²) in [7, 11) is -1.32. The number of hydrogen-bond donors (Lipinski definition) is 0. The molecule has 0 unspecified atom stereocenters. The van der Waals surface area contributed by atoms with Crippen molar-refractivity contribution in [3.8, 4) is 0 Å².